The lowest BCUT2D eigenvalue weighted by Gasteiger charge is -2.20. The highest BCUT2D eigenvalue weighted by Crippen LogP contribution is 2.32. The molecule has 0 fully saturated rings. The van der Waals surface area contributed by atoms with Crippen LogP contribution in [0.3, 0.4) is 0 Å². The Hall–Kier alpha value is -2.01. The molecular weight excluding hydrogens is 681 g/mol. The van der Waals surface area contributed by atoms with Gasteiger partial charge in [0.1, 0.15) is 17.2 Å². The van der Waals surface area contributed by atoms with Crippen molar-refractivity contribution in [3.05, 3.63) is 88.0 Å². The molecule has 0 spiro atoms. The Morgan fingerprint density at radius 2 is 0.500 bits per heavy atom. The van der Waals surface area contributed by atoms with Crippen LogP contribution in [-0.4, -0.2) is 59.4 Å². The highest BCUT2D eigenvalue weighted by Gasteiger charge is 2.18. The van der Waals surface area contributed by atoms with E-state index in [1.54, 1.807) is 18.2 Å². The molecule has 0 aliphatic carbocycles. The minimum atomic E-state index is -2.62. The molecule has 0 amide bonds. The highest BCUT2D eigenvalue weighted by molar-refractivity contribution is 7.38. The topological polar surface area (TPSA) is 243 Å². The Labute approximate surface area is 289 Å². The average Bonchev–Trinajstić information content (AvgIpc) is 2.81. The maximum atomic E-state index is 9.63. The second-order valence-electron chi connectivity index (χ2n) is 13.6. The molecule has 3 aromatic carbocycles. The standard InChI is InChI=1S/3C11H16O.3H3O3P/c3*1-8-5-6-9(10(12)7-8)11(2,3)4;3*1-4(2)3/h3*5-7,12H,1-4H3;3*1-3H. The molecule has 0 saturated carbocycles. The summed E-state index contributed by atoms with van der Waals surface area (Å²) in [6, 6.07) is 17.5. The van der Waals surface area contributed by atoms with Gasteiger partial charge in [0.15, 0.2) is 0 Å². The summed E-state index contributed by atoms with van der Waals surface area (Å²) in [5, 5.41) is 28.9. The van der Waals surface area contributed by atoms with Crippen molar-refractivity contribution in [3.63, 3.8) is 0 Å². The summed E-state index contributed by atoms with van der Waals surface area (Å²) in [6.07, 6.45) is 0. The molecule has 276 valence electrons. The molecule has 12 N–H and O–H groups in total. The smallest absolute Gasteiger partial charge is 0.324 e. The monoisotopic (exact) mass is 738 g/mol. The first-order valence-electron chi connectivity index (χ1n) is 14.4. The molecule has 0 saturated heterocycles. The quantitative estimate of drug-likeness (QED) is 0.110. The van der Waals surface area contributed by atoms with Crippen LogP contribution in [0.2, 0.25) is 0 Å². The SMILES string of the molecule is Cc1ccc(C(C)(C)C)c(O)c1.Cc1ccc(C(C)(C)C)c(O)c1.Cc1ccc(C(C)(C)C)c(O)c1.OP(O)O.OP(O)O.OP(O)O. The van der Waals surface area contributed by atoms with Gasteiger partial charge in [-0.2, -0.15) is 0 Å². The average molecular weight is 739 g/mol. The number of aryl methyl sites for hydroxylation is 3. The molecule has 12 nitrogen and oxygen atoms in total. The molecule has 3 aromatic rings. The van der Waals surface area contributed by atoms with Crippen LogP contribution in [0.15, 0.2) is 54.6 Å². The van der Waals surface area contributed by atoms with Gasteiger partial charge in [0.2, 0.25) is 0 Å². The Morgan fingerprint density at radius 1 is 0.354 bits per heavy atom. The van der Waals surface area contributed by atoms with Crippen LogP contribution in [0.4, 0.5) is 0 Å². The van der Waals surface area contributed by atoms with E-state index in [0.29, 0.717) is 17.2 Å². The fourth-order valence-electron chi connectivity index (χ4n) is 3.83. The van der Waals surface area contributed by atoms with Crippen molar-refractivity contribution in [1.82, 2.24) is 0 Å². The van der Waals surface area contributed by atoms with Crippen molar-refractivity contribution in [1.29, 1.82) is 0 Å². The largest absolute Gasteiger partial charge is 0.508 e. The van der Waals surface area contributed by atoms with Crippen LogP contribution >= 0.6 is 25.8 Å². The van der Waals surface area contributed by atoms with E-state index in [-0.39, 0.29) is 16.2 Å². The van der Waals surface area contributed by atoms with Crippen molar-refractivity contribution >= 4 is 25.8 Å². The summed E-state index contributed by atoms with van der Waals surface area (Å²) in [6.45, 7) is 24.8. The maximum Gasteiger partial charge on any atom is 0.324 e. The highest BCUT2D eigenvalue weighted by atomic mass is 31.2. The maximum absolute atomic E-state index is 9.63. The summed E-state index contributed by atoms with van der Waals surface area (Å²) in [5.74, 6) is 1.22. The molecule has 0 bridgehead atoms. The van der Waals surface area contributed by atoms with E-state index in [1.807, 2.05) is 57.2 Å². The molecule has 0 aromatic heterocycles. The predicted molar refractivity (Wildman–Crippen MR) is 195 cm³/mol. The fourth-order valence-corrected chi connectivity index (χ4v) is 3.83. The molecule has 0 aliphatic rings. The van der Waals surface area contributed by atoms with Crippen molar-refractivity contribution in [2.24, 2.45) is 0 Å². The zero-order valence-electron chi connectivity index (χ0n) is 29.9. The zero-order valence-corrected chi connectivity index (χ0v) is 32.6. The van der Waals surface area contributed by atoms with E-state index in [2.05, 4.69) is 62.3 Å². The Morgan fingerprint density at radius 3 is 0.604 bits per heavy atom. The van der Waals surface area contributed by atoms with Gasteiger partial charge in [0, 0.05) is 0 Å². The van der Waals surface area contributed by atoms with E-state index in [9.17, 15) is 15.3 Å². The van der Waals surface area contributed by atoms with Gasteiger partial charge in [-0.05, 0) is 88.6 Å². The molecule has 0 aliphatic heterocycles. The van der Waals surface area contributed by atoms with Crippen molar-refractivity contribution < 1.29 is 59.4 Å². The minimum Gasteiger partial charge on any atom is -0.508 e. The third kappa shape index (κ3) is 26.9. The molecule has 3 rings (SSSR count). The second kappa shape index (κ2) is 23.4. The van der Waals surface area contributed by atoms with E-state index < -0.39 is 25.8 Å². The lowest BCUT2D eigenvalue weighted by Crippen LogP contribution is -2.11. The number of hydrogen-bond donors (Lipinski definition) is 12. The van der Waals surface area contributed by atoms with Gasteiger partial charge >= 0.3 is 25.8 Å². The first-order chi connectivity index (χ1) is 21.4. The molecule has 0 radical (unpaired) electrons. The van der Waals surface area contributed by atoms with Crippen LogP contribution in [0.25, 0.3) is 0 Å². The molecule has 0 atom stereocenters. The first kappa shape index (κ1) is 50.4. The van der Waals surface area contributed by atoms with Gasteiger partial charge in [-0.25, -0.2) is 0 Å². The van der Waals surface area contributed by atoms with Gasteiger partial charge in [0.25, 0.3) is 0 Å². The van der Waals surface area contributed by atoms with Crippen LogP contribution in [0.5, 0.6) is 17.2 Å². The van der Waals surface area contributed by atoms with Gasteiger partial charge < -0.3 is 59.4 Å². The predicted octanol–water partition coefficient (Wildman–Crippen LogP) is 6.56. The number of phenols is 3. The minimum absolute atomic E-state index is 0.0256. The summed E-state index contributed by atoms with van der Waals surface area (Å²) in [4.78, 5) is 65.1. The molecule has 15 heteroatoms. The van der Waals surface area contributed by atoms with Gasteiger partial charge in [-0.15, -0.1) is 0 Å². The molecule has 0 unspecified atom stereocenters. The molecular formula is C33H57O12P3. The fraction of sp³-hybridized carbons (Fsp3) is 0.455. The van der Waals surface area contributed by atoms with E-state index >= 15 is 0 Å². The van der Waals surface area contributed by atoms with E-state index in [4.69, 9.17) is 44.0 Å². The molecule has 0 heterocycles. The van der Waals surface area contributed by atoms with Crippen LogP contribution in [0, 0.1) is 20.8 Å². The summed E-state index contributed by atoms with van der Waals surface area (Å²) < 4.78 is 0. The number of benzene rings is 3. The Bertz CT molecular complexity index is 1150. The number of rotatable bonds is 0. The number of aromatic hydroxyl groups is 3. The lowest BCUT2D eigenvalue weighted by molar-refractivity contribution is 0.366. The van der Waals surface area contributed by atoms with E-state index in [0.717, 1.165) is 33.4 Å². The normalized spacial score (nSPS) is 11.0. The Kier molecular flexibility index (Phi) is 24.6. The van der Waals surface area contributed by atoms with Gasteiger partial charge in [-0.3, -0.25) is 0 Å². The summed E-state index contributed by atoms with van der Waals surface area (Å²) in [5.41, 5.74) is 6.39. The van der Waals surface area contributed by atoms with Gasteiger partial charge in [-0.1, -0.05) is 98.7 Å². The summed E-state index contributed by atoms with van der Waals surface area (Å²) in [7, 11) is -7.86. The third-order valence-electron chi connectivity index (χ3n) is 5.88. The number of phenolic OH excluding ortho intramolecular Hbond substituents is 3. The molecule has 48 heavy (non-hydrogen) atoms. The third-order valence-corrected chi connectivity index (χ3v) is 5.88. The van der Waals surface area contributed by atoms with Crippen molar-refractivity contribution in [3.8, 4) is 17.2 Å². The van der Waals surface area contributed by atoms with Crippen molar-refractivity contribution in [2.75, 3.05) is 0 Å². The lowest BCUT2D eigenvalue weighted by atomic mass is 9.86. The summed E-state index contributed by atoms with van der Waals surface area (Å²) >= 11 is 0. The zero-order chi connectivity index (χ0) is 38.8. The Balaban J connectivity index is -0.000000542. The first-order valence-corrected chi connectivity index (χ1v) is 18.0. The second-order valence-corrected chi connectivity index (χ2v) is 15.2. The van der Waals surface area contributed by atoms with E-state index in [1.165, 1.54) is 0 Å². The van der Waals surface area contributed by atoms with Gasteiger partial charge in [0.05, 0.1) is 0 Å². The van der Waals surface area contributed by atoms with Crippen LogP contribution < -0.4 is 0 Å². The van der Waals surface area contributed by atoms with Crippen molar-refractivity contribution in [2.45, 2.75) is 99.3 Å². The van der Waals surface area contributed by atoms with Crippen LogP contribution in [-0.2, 0) is 16.2 Å². The number of hydrogen-bond acceptors (Lipinski definition) is 12. The van der Waals surface area contributed by atoms with Crippen LogP contribution in [0.1, 0.15) is 95.7 Å².